The van der Waals surface area contributed by atoms with Gasteiger partial charge in [0.1, 0.15) is 6.61 Å². The summed E-state index contributed by atoms with van der Waals surface area (Å²) in [5, 5.41) is 2.13. The SMILES string of the molecule is O=COCc1nccc2ccccc12. The molecule has 0 unspecified atom stereocenters. The Labute approximate surface area is 81.3 Å². The van der Waals surface area contributed by atoms with Gasteiger partial charge in [-0.3, -0.25) is 9.78 Å². The second kappa shape index (κ2) is 3.87. The van der Waals surface area contributed by atoms with Crippen LogP contribution in [0.2, 0.25) is 0 Å². The fourth-order valence-corrected chi connectivity index (χ4v) is 1.41. The van der Waals surface area contributed by atoms with Crippen molar-refractivity contribution in [2.24, 2.45) is 0 Å². The average molecular weight is 187 g/mol. The zero-order valence-corrected chi connectivity index (χ0v) is 7.51. The van der Waals surface area contributed by atoms with Gasteiger partial charge in [-0.15, -0.1) is 0 Å². The zero-order chi connectivity index (χ0) is 9.80. The number of pyridine rings is 1. The minimum Gasteiger partial charge on any atom is -0.461 e. The Morgan fingerprint density at radius 1 is 1.29 bits per heavy atom. The predicted octanol–water partition coefficient (Wildman–Crippen LogP) is 1.91. The molecule has 3 heteroatoms. The summed E-state index contributed by atoms with van der Waals surface area (Å²) in [5.74, 6) is 0. The van der Waals surface area contributed by atoms with E-state index < -0.39 is 0 Å². The molecule has 3 nitrogen and oxygen atoms in total. The lowest BCUT2D eigenvalue weighted by Gasteiger charge is -2.03. The second-order valence-electron chi connectivity index (χ2n) is 2.89. The summed E-state index contributed by atoms with van der Waals surface area (Å²) < 4.78 is 4.68. The molecule has 70 valence electrons. The molecule has 2 rings (SSSR count). The van der Waals surface area contributed by atoms with Crippen LogP contribution in [-0.2, 0) is 16.1 Å². The van der Waals surface area contributed by atoms with Crippen LogP contribution in [0.5, 0.6) is 0 Å². The standard InChI is InChI=1S/C11H9NO2/c13-8-14-7-11-10-4-2-1-3-9(10)5-6-12-11/h1-6,8H,7H2. The Balaban J connectivity index is 2.48. The molecule has 0 aliphatic carbocycles. The molecule has 0 saturated heterocycles. The van der Waals surface area contributed by atoms with Gasteiger partial charge >= 0.3 is 0 Å². The van der Waals surface area contributed by atoms with Crippen molar-refractivity contribution >= 4 is 17.2 Å². The van der Waals surface area contributed by atoms with Crippen LogP contribution in [0.15, 0.2) is 36.5 Å². The van der Waals surface area contributed by atoms with Crippen molar-refractivity contribution in [3.63, 3.8) is 0 Å². The molecule has 2 aromatic rings. The van der Waals surface area contributed by atoms with Crippen molar-refractivity contribution < 1.29 is 9.53 Å². The van der Waals surface area contributed by atoms with E-state index >= 15 is 0 Å². The van der Waals surface area contributed by atoms with E-state index in [-0.39, 0.29) is 6.61 Å². The summed E-state index contributed by atoms with van der Waals surface area (Å²) in [7, 11) is 0. The van der Waals surface area contributed by atoms with Crippen molar-refractivity contribution in [2.45, 2.75) is 6.61 Å². The number of hydrogen-bond donors (Lipinski definition) is 0. The van der Waals surface area contributed by atoms with Gasteiger partial charge in [0, 0.05) is 11.6 Å². The van der Waals surface area contributed by atoms with E-state index in [0.717, 1.165) is 16.5 Å². The maximum atomic E-state index is 10.1. The van der Waals surface area contributed by atoms with Crippen LogP contribution in [0.25, 0.3) is 10.8 Å². The van der Waals surface area contributed by atoms with E-state index in [2.05, 4.69) is 9.72 Å². The smallest absolute Gasteiger partial charge is 0.293 e. The summed E-state index contributed by atoms with van der Waals surface area (Å²) in [4.78, 5) is 14.2. The molecule has 0 aliphatic rings. The molecule has 1 heterocycles. The summed E-state index contributed by atoms with van der Waals surface area (Å²) >= 11 is 0. The molecule has 0 saturated carbocycles. The summed E-state index contributed by atoms with van der Waals surface area (Å²) in [5.41, 5.74) is 0.787. The largest absolute Gasteiger partial charge is 0.461 e. The van der Waals surface area contributed by atoms with Gasteiger partial charge in [-0.05, 0) is 11.5 Å². The number of ether oxygens (including phenoxy) is 1. The molecule has 0 fully saturated rings. The Morgan fingerprint density at radius 2 is 2.14 bits per heavy atom. The minimum atomic E-state index is 0.227. The summed E-state index contributed by atoms with van der Waals surface area (Å²) in [6.45, 7) is 0.661. The van der Waals surface area contributed by atoms with Crippen LogP contribution >= 0.6 is 0 Å². The molecule has 0 amide bonds. The van der Waals surface area contributed by atoms with Gasteiger partial charge in [0.2, 0.25) is 0 Å². The predicted molar refractivity (Wildman–Crippen MR) is 52.6 cm³/mol. The first-order valence-electron chi connectivity index (χ1n) is 4.29. The van der Waals surface area contributed by atoms with Crippen molar-refractivity contribution in [2.75, 3.05) is 0 Å². The lowest BCUT2D eigenvalue weighted by atomic mass is 10.1. The van der Waals surface area contributed by atoms with Gasteiger partial charge in [-0.2, -0.15) is 0 Å². The van der Waals surface area contributed by atoms with Crippen molar-refractivity contribution in [3.8, 4) is 0 Å². The lowest BCUT2D eigenvalue weighted by molar-refractivity contribution is -0.129. The molecule has 0 spiro atoms. The van der Waals surface area contributed by atoms with E-state index in [4.69, 9.17) is 0 Å². The van der Waals surface area contributed by atoms with E-state index in [1.807, 2.05) is 30.3 Å². The number of fused-ring (bicyclic) bond motifs is 1. The number of benzene rings is 1. The fourth-order valence-electron chi connectivity index (χ4n) is 1.41. The molecule has 0 bridgehead atoms. The number of rotatable bonds is 3. The Kier molecular flexibility index (Phi) is 2.40. The molecule has 0 radical (unpaired) electrons. The lowest BCUT2D eigenvalue weighted by Crippen LogP contribution is -1.94. The molecule has 1 aromatic carbocycles. The van der Waals surface area contributed by atoms with Crippen molar-refractivity contribution in [1.29, 1.82) is 0 Å². The van der Waals surface area contributed by atoms with Crippen molar-refractivity contribution in [1.82, 2.24) is 4.98 Å². The highest BCUT2D eigenvalue weighted by atomic mass is 16.5. The first-order chi connectivity index (χ1) is 6.92. The Hall–Kier alpha value is -1.90. The van der Waals surface area contributed by atoms with Gasteiger partial charge in [-0.25, -0.2) is 0 Å². The highest BCUT2D eigenvalue weighted by molar-refractivity contribution is 5.84. The third kappa shape index (κ3) is 1.57. The minimum absolute atomic E-state index is 0.227. The molecule has 0 aliphatic heterocycles. The quantitative estimate of drug-likeness (QED) is 0.689. The highest BCUT2D eigenvalue weighted by Crippen LogP contribution is 2.16. The van der Waals surface area contributed by atoms with Gasteiger partial charge in [0.15, 0.2) is 0 Å². The number of carbonyl (C=O) groups excluding carboxylic acids is 1. The monoisotopic (exact) mass is 187 g/mol. The van der Waals surface area contributed by atoms with Crippen molar-refractivity contribution in [3.05, 3.63) is 42.2 Å². The molecule has 1 aromatic heterocycles. The maximum Gasteiger partial charge on any atom is 0.293 e. The average Bonchev–Trinajstić information content (AvgIpc) is 2.26. The Bertz CT molecular complexity index is 448. The van der Waals surface area contributed by atoms with Crippen LogP contribution in [0.1, 0.15) is 5.69 Å². The number of nitrogens with zero attached hydrogens (tertiary/aromatic N) is 1. The number of aromatic nitrogens is 1. The van der Waals surface area contributed by atoms with Crippen LogP contribution in [0, 0.1) is 0 Å². The molecular formula is C11H9NO2. The van der Waals surface area contributed by atoms with Gasteiger partial charge in [0.05, 0.1) is 5.69 Å². The molecule has 0 atom stereocenters. The third-order valence-corrected chi connectivity index (χ3v) is 2.04. The summed E-state index contributed by atoms with van der Waals surface area (Å²) in [6.07, 6.45) is 1.71. The first kappa shape index (κ1) is 8.69. The van der Waals surface area contributed by atoms with Crippen LogP contribution in [-0.4, -0.2) is 11.5 Å². The maximum absolute atomic E-state index is 10.1. The fraction of sp³-hybridized carbons (Fsp3) is 0.0909. The van der Waals surface area contributed by atoms with Gasteiger partial charge in [-0.1, -0.05) is 24.3 Å². The van der Waals surface area contributed by atoms with E-state index in [0.29, 0.717) is 6.47 Å². The second-order valence-corrected chi connectivity index (χ2v) is 2.89. The van der Waals surface area contributed by atoms with Gasteiger partial charge < -0.3 is 4.74 Å². The number of hydrogen-bond acceptors (Lipinski definition) is 3. The van der Waals surface area contributed by atoms with E-state index in [1.54, 1.807) is 6.20 Å². The molecule has 14 heavy (non-hydrogen) atoms. The number of carbonyl (C=O) groups is 1. The zero-order valence-electron chi connectivity index (χ0n) is 7.51. The Morgan fingerprint density at radius 3 is 3.00 bits per heavy atom. The topological polar surface area (TPSA) is 39.2 Å². The van der Waals surface area contributed by atoms with E-state index in [9.17, 15) is 4.79 Å². The summed E-state index contributed by atoms with van der Waals surface area (Å²) in [6, 6.07) is 9.80. The van der Waals surface area contributed by atoms with E-state index in [1.165, 1.54) is 0 Å². The first-order valence-corrected chi connectivity index (χ1v) is 4.29. The third-order valence-electron chi connectivity index (χ3n) is 2.04. The van der Waals surface area contributed by atoms with Crippen LogP contribution in [0.3, 0.4) is 0 Å². The molecular weight excluding hydrogens is 178 g/mol. The van der Waals surface area contributed by atoms with Crippen LogP contribution in [0.4, 0.5) is 0 Å². The molecule has 0 N–H and O–H groups in total. The normalized spacial score (nSPS) is 10.0. The van der Waals surface area contributed by atoms with Crippen LogP contribution < -0.4 is 0 Å². The van der Waals surface area contributed by atoms with Gasteiger partial charge in [0.25, 0.3) is 6.47 Å². The highest BCUT2D eigenvalue weighted by Gasteiger charge is 2.00.